The highest BCUT2D eigenvalue weighted by Gasteiger charge is 2.43. The summed E-state index contributed by atoms with van der Waals surface area (Å²) in [7, 11) is 0.553. The standard InChI is InChI=1S/C42H54O8S4Si2/c1-25(2)55(26(3)4,27(5)6)23-21-31(41-51-33(37(43)47-13)34(52-41)38(44)48-14)19-17-18-20-32(22-24-56(28(7)8,29(9)10)30(11)12)42-53-35(39(45)49-15)36(54-42)40(46)50-16/h25-30H,1-16H3. The molecule has 0 spiro atoms. The molecular weight excluding hydrogens is 817 g/mol. The Kier molecular flexibility index (Phi) is 18.9. The number of esters is 4. The zero-order chi connectivity index (χ0) is 42.7. The van der Waals surface area contributed by atoms with Crippen molar-refractivity contribution in [1.82, 2.24) is 0 Å². The lowest BCUT2D eigenvalue weighted by atomic mass is 10.3. The molecule has 0 aromatic rings. The van der Waals surface area contributed by atoms with Gasteiger partial charge in [-0.2, -0.15) is 0 Å². The van der Waals surface area contributed by atoms with Crippen LogP contribution in [-0.4, -0.2) is 68.5 Å². The Balaban J connectivity index is 3.00. The normalized spacial score (nSPS) is 14.2. The highest BCUT2D eigenvalue weighted by molar-refractivity contribution is 8.29. The average molecular weight is 871 g/mol. The first-order chi connectivity index (χ1) is 26.2. The molecule has 0 aliphatic carbocycles. The van der Waals surface area contributed by atoms with E-state index in [9.17, 15) is 19.2 Å². The summed E-state index contributed by atoms with van der Waals surface area (Å²) in [6, 6.07) is 0. The zero-order valence-corrected chi connectivity index (χ0v) is 40.6. The van der Waals surface area contributed by atoms with E-state index in [4.69, 9.17) is 18.9 Å². The second kappa shape index (κ2) is 21.6. The summed E-state index contributed by atoms with van der Waals surface area (Å²) >= 11 is 4.30. The maximum absolute atomic E-state index is 12.8. The largest absolute Gasteiger partial charge is 0.465 e. The van der Waals surface area contributed by atoms with Crippen molar-refractivity contribution >= 4 is 87.1 Å². The first kappa shape index (κ1) is 49.1. The molecule has 56 heavy (non-hydrogen) atoms. The molecule has 0 fully saturated rings. The van der Waals surface area contributed by atoms with Gasteiger partial charge in [0.05, 0.1) is 48.1 Å². The fraction of sp³-hybridized carbons (Fsp3) is 0.524. The van der Waals surface area contributed by atoms with Crippen LogP contribution >= 0.6 is 47.0 Å². The van der Waals surface area contributed by atoms with E-state index < -0.39 is 40.0 Å². The molecule has 8 nitrogen and oxygen atoms in total. The number of rotatable bonds is 10. The van der Waals surface area contributed by atoms with E-state index in [1.807, 2.05) is 0 Å². The minimum Gasteiger partial charge on any atom is -0.465 e. The molecule has 0 unspecified atom stereocenters. The smallest absolute Gasteiger partial charge is 0.346 e. The van der Waals surface area contributed by atoms with Crippen LogP contribution in [0.1, 0.15) is 83.1 Å². The van der Waals surface area contributed by atoms with Crippen molar-refractivity contribution in [2.45, 2.75) is 116 Å². The summed E-state index contributed by atoms with van der Waals surface area (Å²) in [6.45, 7) is 26.6. The Morgan fingerprint density at radius 2 is 0.625 bits per heavy atom. The van der Waals surface area contributed by atoms with Gasteiger partial charge < -0.3 is 18.9 Å². The molecule has 302 valence electrons. The molecule has 2 aliphatic rings. The maximum Gasteiger partial charge on any atom is 0.346 e. The molecule has 2 aliphatic heterocycles. The van der Waals surface area contributed by atoms with Crippen molar-refractivity contribution in [3.63, 3.8) is 0 Å². The third-order valence-corrected chi connectivity index (χ3v) is 27.8. The number of hydrogen-bond acceptors (Lipinski definition) is 12. The van der Waals surface area contributed by atoms with Gasteiger partial charge in [0.1, 0.15) is 35.8 Å². The first-order valence-electron chi connectivity index (χ1n) is 18.3. The van der Waals surface area contributed by atoms with Crippen LogP contribution in [-0.2, 0) is 38.1 Å². The van der Waals surface area contributed by atoms with Crippen LogP contribution in [0.2, 0.25) is 33.2 Å². The van der Waals surface area contributed by atoms with Crippen molar-refractivity contribution in [3.05, 3.63) is 39.2 Å². The number of carbonyl (C=O) groups is 4. The molecule has 14 heteroatoms. The lowest BCUT2D eigenvalue weighted by Gasteiger charge is -2.38. The fourth-order valence-corrected chi connectivity index (χ4v) is 22.5. The molecule has 0 amide bonds. The Labute approximate surface area is 353 Å². The van der Waals surface area contributed by atoms with E-state index in [1.165, 1.54) is 28.4 Å². The van der Waals surface area contributed by atoms with Gasteiger partial charge in [0, 0.05) is 0 Å². The predicted octanol–water partition coefficient (Wildman–Crippen LogP) is 9.93. The number of ether oxygens (including phenoxy) is 4. The second-order valence-corrected chi connectivity index (χ2v) is 30.6. The molecular formula is C42H54O8S4Si2. The summed E-state index contributed by atoms with van der Waals surface area (Å²) in [6.07, 6.45) is 0. The molecule has 2 rings (SSSR count). The number of carbonyl (C=O) groups excluding carboxylic acids is 4. The van der Waals surface area contributed by atoms with E-state index in [0.717, 1.165) is 47.0 Å². The van der Waals surface area contributed by atoms with Gasteiger partial charge in [-0.1, -0.05) is 142 Å². The van der Waals surface area contributed by atoms with Gasteiger partial charge in [0.15, 0.2) is 0 Å². The summed E-state index contributed by atoms with van der Waals surface area (Å²) in [4.78, 5) is 51.5. The summed E-state index contributed by atoms with van der Waals surface area (Å²) in [5.41, 5.74) is 10.3. The Morgan fingerprint density at radius 1 is 0.411 bits per heavy atom. The highest BCUT2D eigenvalue weighted by Crippen LogP contribution is 2.52. The van der Waals surface area contributed by atoms with Gasteiger partial charge >= 0.3 is 23.9 Å². The lowest BCUT2D eigenvalue weighted by Crippen LogP contribution is -2.43. The quantitative estimate of drug-likeness (QED) is 0.0904. The molecule has 0 saturated carbocycles. The molecule has 0 aromatic carbocycles. The monoisotopic (exact) mass is 870 g/mol. The third kappa shape index (κ3) is 10.9. The summed E-state index contributed by atoms with van der Waals surface area (Å²) < 4.78 is 21.0. The molecule has 2 heterocycles. The highest BCUT2D eigenvalue weighted by atomic mass is 32.2. The van der Waals surface area contributed by atoms with Crippen LogP contribution in [0.3, 0.4) is 0 Å². The molecule has 0 aromatic heterocycles. The van der Waals surface area contributed by atoms with E-state index >= 15 is 0 Å². The van der Waals surface area contributed by atoms with Gasteiger partial charge in [-0.05, 0) is 56.9 Å². The maximum atomic E-state index is 12.8. The minimum absolute atomic E-state index is 0.104. The minimum atomic E-state index is -2.23. The fourth-order valence-electron chi connectivity index (χ4n) is 7.37. The Bertz CT molecular complexity index is 1730. The number of thioether (sulfide) groups is 4. The molecule has 0 atom stereocenters. The van der Waals surface area contributed by atoms with Crippen LogP contribution < -0.4 is 0 Å². The van der Waals surface area contributed by atoms with Gasteiger partial charge in [-0.3, -0.25) is 0 Å². The van der Waals surface area contributed by atoms with E-state index in [1.54, 1.807) is 0 Å². The van der Waals surface area contributed by atoms with Crippen LogP contribution in [0, 0.1) is 46.6 Å². The molecule has 0 saturated heterocycles. The van der Waals surface area contributed by atoms with Gasteiger partial charge in [-0.25, -0.2) is 19.2 Å². The zero-order valence-electron chi connectivity index (χ0n) is 35.4. The van der Waals surface area contributed by atoms with Crippen LogP contribution in [0.5, 0.6) is 0 Å². The van der Waals surface area contributed by atoms with Crippen molar-refractivity contribution in [2.75, 3.05) is 28.4 Å². The Hall–Kier alpha value is -3.09. The van der Waals surface area contributed by atoms with E-state index in [0.29, 0.717) is 52.9 Å². The van der Waals surface area contributed by atoms with Crippen LogP contribution in [0.15, 0.2) is 39.2 Å². The lowest BCUT2D eigenvalue weighted by molar-refractivity contribution is -0.138. The van der Waals surface area contributed by atoms with E-state index in [2.05, 4.69) is 130 Å². The van der Waals surface area contributed by atoms with Crippen LogP contribution in [0.4, 0.5) is 0 Å². The molecule has 0 bridgehead atoms. The van der Waals surface area contributed by atoms with Gasteiger partial charge in [0.25, 0.3) is 0 Å². The molecule has 0 radical (unpaired) electrons. The third-order valence-electron chi connectivity index (χ3n) is 10.1. The van der Waals surface area contributed by atoms with Crippen molar-refractivity contribution < 1.29 is 38.1 Å². The van der Waals surface area contributed by atoms with Gasteiger partial charge in [-0.15, -0.1) is 11.1 Å². The summed E-state index contributed by atoms with van der Waals surface area (Å²) in [5, 5.41) is 0. The Morgan fingerprint density at radius 3 is 0.804 bits per heavy atom. The van der Waals surface area contributed by atoms with Crippen molar-refractivity contribution in [1.29, 1.82) is 0 Å². The van der Waals surface area contributed by atoms with Gasteiger partial charge in [0.2, 0.25) is 0 Å². The number of methoxy groups -OCH3 is 4. The SMILES string of the molecule is COC(=O)C1=C(C(=O)OC)SC(=C(C#CC#CC(C#C[Si](C(C)C)(C(C)C)C(C)C)=C2SC(C(=O)OC)=C(C(=O)OC)S2)C#C[Si](C(C)C)(C(C)C)C(C)C)S1. The average Bonchev–Trinajstić information content (AvgIpc) is 3.79. The van der Waals surface area contributed by atoms with Crippen molar-refractivity contribution in [3.8, 4) is 46.6 Å². The second-order valence-electron chi connectivity index (χ2n) is 14.8. The van der Waals surface area contributed by atoms with Crippen molar-refractivity contribution in [2.24, 2.45) is 0 Å². The summed E-state index contributed by atoms with van der Waals surface area (Å²) in [5.74, 6) is 16.4. The van der Waals surface area contributed by atoms with Crippen LogP contribution in [0.25, 0.3) is 0 Å². The topological polar surface area (TPSA) is 105 Å². The number of allylic oxidation sites excluding steroid dienone is 2. The first-order valence-corrected chi connectivity index (χ1v) is 26.0. The predicted molar refractivity (Wildman–Crippen MR) is 240 cm³/mol. The van der Waals surface area contributed by atoms with E-state index in [-0.39, 0.29) is 19.6 Å². The molecule has 0 N–H and O–H groups in total. The number of hydrogen-bond donors (Lipinski definition) is 0.